The molecule has 1 aromatic heterocycles. The van der Waals surface area contributed by atoms with E-state index in [1.807, 2.05) is 12.1 Å². The van der Waals surface area contributed by atoms with E-state index in [9.17, 15) is 18.3 Å². The van der Waals surface area contributed by atoms with Gasteiger partial charge in [0.05, 0.1) is 11.8 Å². The molecule has 0 fully saturated rings. The number of aromatic nitrogens is 1. The summed E-state index contributed by atoms with van der Waals surface area (Å²) in [6, 6.07) is 12.2. The maximum absolute atomic E-state index is 12.1. The Kier molecular flexibility index (Phi) is 5.98. The van der Waals surface area contributed by atoms with Gasteiger partial charge < -0.3 is 9.84 Å². The molecule has 0 aliphatic carbocycles. The topological polar surface area (TPSA) is 42.4 Å². The fourth-order valence-corrected chi connectivity index (χ4v) is 2.11. The van der Waals surface area contributed by atoms with Crippen LogP contribution in [0.5, 0.6) is 5.75 Å². The first kappa shape index (κ1) is 17.3. The zero-order valence-electron chi connectivity index (χ0n) is 12.5. The van der Waals surface area contributed by atoms with Crippen LogP contribution in [0.15, 0.2) is 48.7 Å². The van der Waals surface area contributed by atoms with Crippen molar-refractivity contribution in [3.63, 3.8) is 0 Å². The number of rotatable bonds is 7. The van der Waals surface area contributed by atoms with Crippen LogP contribution in [0.25, 0.3) is 0 Å². The van der Waals surface area contributed by atoms with E-state index in [1.54, 1.807) is 36.5 Å². The van der Waals surface area contributed by atoms with Crippen LogP contribution in [0.1, 0.15) is 36.6 Å². The molecule has 23 heavy (non-hydrogen) atoms. The van der Waals surface area contributed by atoms with E-state index in [0.717, 1.165) is 5.69 Å². The Labute approximate surface area is 132 Å². The molecule has 6 heteroatoms. The quantitative estimate of drug-likeness (QED) is 0.819. The van der Waals surface area contributed by atoms with E-state index in [2.05, 4.69) is 4.98 Å². The van der Waals surface area contributed by atoms with E-state index in [-0.39, 0.29) is 19.4 Å². The molecule has 0 amide bonds. The summed E-state index contributed by atoms with van der Waals surface area (Å²) in [5.74, 6) is 0.544. The van der Waals surface area contributed by atoms with Crippen LogP contribution in [-0.2, 0) is 6.61 Å². The van der Waals surface area contributed by atoms with Gasteiger partial charge in [0, 0.05) is 12.6 Å². The van der Waals surface area contributed by atoms with Gasteiger partial charge in [-0.15, -0.1) is 0 Å². The zero-order chi connectivity index (χ0) is 16.7. The molecule has 0 radical (unpaired) electrons. The summed E-state index contributed by atoms with van der Waals surface area (Å²) in [6.07, 6.45) is -4.39. The summed E-state index contributed by atoms with van der Waals surface area (Å²) >= 11 is 0. The van der Waals surface area contributed by atoms with Crippen LogP contribution >= 0.6 is 0 Å². The van der Waals surface area contributed by atoms with Crippen molar-refractivity contribution in [2.45, 2.75) is 38.1 Å². The lowest BCUT2D eigenvalue weighted by atomic mass is 10.0. The summed E-state index contributed by atoms with van der Waals surface area (Å²) < 4.78 is 42.0. The van der Waals surface area contributed by atoms with Crippen molar-refractivity contribution < 1.29 is 23.0 Å². The Morgan fingerprint density at radius 3 is 2.65 bits per heavy atom. The van der Waals surface area contributed by atoms with Crippen molar-refractivity contribution in [3.05, 3.63) is 59.9 Å². The molecule has 0 saturated carbocycles. The molecular formula is C17H18F3NO2. The second kappa shape index (κ2) is 7.97. The van der Waals surface area contributed by atoms with E-state index in [1.165, 1.54) is 0 Å². The molecule has 124 valence electrons. The number of nitrogens with zero attached hydrogens (tertiary/aromatic N) is 1. The SMILES string of the molecule is OC(CCCC(F)(F)F)c1cccc(OCc2ccccn2)c1. The smallest absolute Gasteiger partial charge is 0.389 e. The van der Waals surface area contributed by atoms with Gasteiger partial charge in [-0.3, -0.25) is 4.98 Å². The van der Waals surface area contributed by atoms with Gasteiger partial charge in [0.25, 0.3) is 0 Å². The number of pyridine rings is 1. The minimum absolute atomic E-state index is 0.0587. The maximum atomic E-state index is 12.1. The first-order valence-corrected chi connectivity index (χ1v) is 7.31. The summed E-state index contributed by atoms with van der Waals surface area (Å²) in [5, 5.41) is 9.99. The fourth-order valence-electron chi connectivity index (χ4n) is 2.11. The Bertz CT molecular complexity index is 602. The zero-order valence-corrected chi connectivity index (χ0v) is 12.5. The van der Waals surface area contributed by atoms with Crippen LogP contribution in [0.3, 0.4) is 0 Å². The number of benzene rings is 1. The first-order chi connectivity index (χ1) is 10.9. The average molecular weight is 325 g/mol. The first-order valence-electron chi connectivity index (χ1n) is 7.31. The predicted octanol–water partition coefficient (Wildman–Crippen LogP) is 4.43. The summed E-state index contributed by atoms with van der Waals surface area (Å²) in [7, 11) is 0. The van der Waals surface area contributed by atoms with Crippen molar-refractivity contribution in [1.82, 2.24) is 4.98 Å². The maximum Gasteiger partial charge on any atom is 0.389 e. The number of hydrogen-bond acceptors (Lipinski definition) is 3. The molecule has 1 heterocycles. The van der Waals surface area contributed by atoms with Crippen LogP contribution in [-0.4, -0.2) is 16.3 Å². The Hall–Kier alpha value is -2.08. The molecule has 0 spiro atoms. The standard InChI is InChI=1S/C17H18F3NO2/c18-17(19,20)9-4-8-16(22)13-5-3-7-15(11-13)23-12-14-6-1-2-10-21-14/h1-3,5-7,10-11,16,22H,4,8-9,12H2. The molecule has 1 aromatic carbocycles. The van der Waals surface area contributed by atoms with Crippen molar-refractivity contribution >= 4 is 0 Å². The normalized spacial score (nSPS) is 12.9. The van der Waals surface area contributed by atoms with E-state index < -0.39 is 18.7 Å². The highest BCUT2D eigenvalue weighted by atomic mass is 19.4. The van der Waals surface area contributed by atoms with Crippen LogP contribution in [0.2, 0.25) is 0 Å². The minimum atomic E-state index is -4.19. The number of aliphatic hydroxyl groups is 1. The van der Waals surface area contributed by atoms with Crippen LogP contribution < -0.4 is 4.74 Å². The number of alkyl halides is 3. The van der Waals surface area contributed by atoms with Gasteiger partial charge >= 0.3 is 6.18 Å². The van der Waals surface area contributed by atoms with Gasteiger partial charge in [0.15, 0.2) is 0 Å². The van der Waals surface area contributed by atoms with Crippen molar-refractivity contribution in [3.8, 4) is 5.75 Å². The van der Waals surface area contributed by atoms with Crippen molar-refractivity contribution in [1.29, 1.82) is 0 Å². The Morgan fingerprint density at radius 1 is 1.13 bits per heavy atom. The molecule has 0 aliphatic heterocycles. The Balaban J connectivity index is 1.88. The number of hydrogen-bond donors (Lipinski definition) is 1. The molecule has 0 saturated heterocycles. The molecule has 1 atom stereocenters. The van der Waals surface area contributed by atoms with Gasteiger partial charge in [-0.25, -0.2) is 0 Å². The number of halogens is 3. The van der Waals surface area contributed by atoms with E-state index in [4.69, 9.17) is 4.74 Å². The van der Waals surface area contributed by atoms with Crippen molar-refractivity contribution in [2.24, 2.45) is 0 Å². The molecule has 0 aliphatic rings. The monoisotopic (exact) mass is 325 g/mol. The summed E-state index contributed by atoms with van der Waals surface area (Å²) in [5.41, 5.74) is 1.31. The van der Waals surface area contributed by atoms with Gasteiger partial charge in [-0.2, -0.15) is 13.2 Å². The molecular weight excluding hydrogens is 307 g/mol. The molecule has 1 N–H and O–H groups in total. The second-order valence-electron chi connectivity index (χ2n) is 5.21. The highest BCUT2D eigenvalue weighted by molar-refractivity contribution is 5.30. The lowest BCUT2D eigenvalue weighted by Crippen LogP contribution is -2.08. The van der Waals surface area contributed by atoms with Gasteiger partial charge in [-0.1, -0.05) is 18.2 Å². The van der Waals surface area contributed by atoms with Gasteiger partial charge in [-0.05, 0) is 42.7 Å². The average Bonchev–Trinajstić information content (AvgIpc) is 2.53. The van der Waals surface area contributed by atoms with E-state index in [0.29, 0.717) is 11.3 Å². The Morgan fingerprint density at radius 2 is 1.96 bits per heavy atom. The highest BCUT2D eigenvalue weighted by Gasteiger charge is 2.26. The minimum Gasteiger partial charge on any atom is -0.487 e. The third-order valence-electron chi connectivity index (χ3n) is 3.29. The summed E-state index contributed by atoms with van der Waals surface area (Å²) in [6.45, 7) is 0.286. The third kappa shape index (κ3) is 6.28. The largest absolute Gasteiger partial charge is 0.487 e. The van der Waals surface area contributed by atoms with Crippen LogP contribution in [0, 0.1) is 0 Å². The van der Waals surface area contributed by atoms with Crippen LogP contribution in [0.4, 0.5) is 13.2 Å². The molecule has 3 nitrogen and oxygen atoms in total. The summed E-state index contributed by atoms with van der Waals surface area (Å²) in [4.78, 5) is 4.13. The van der Waals surface area contributed by atoms with Gasteiger partial charge in [0.2, 0.25) is 0 Å². The molecule has 2 aromatic rings. The highest BCUT2D eigenvalue weighted by Crippen LogP contribution is 2.27. The number of ether oxygens (including phenoxy) is 1. The van der Waals surface area contributed by atoms with Gasteiger partial charge in [0.1, 0.15) is 12.4 Å². The fraction of sp³-hybridized carbons (Fsp3) is 0.353. The van der Waals surface area contributed by atoms with Crippen molar-refractivity contribution in [2.75, 3.05) is 0 Å². The molecule has 1 unspecified atom stereocenters. The molecule has 0 bridgehead atoms. The molecule has 2 rings (SSSR count). The number of aliphatic hydroxyl groups excluding tert-OH is 1. The third-order valence-corrected chi connectivity index (χ3v) is 3.29. The second-order valence-corrected chi connectivity index (χ2v) is 5.21. The van der Waals surface area contributed by atoms with E-state index >= 15 is 0 Å². The lowest BCUT2D eigenvalue weighted by Gasteiger charge is -2.13. The predicted molar refractivity (Wildman–Crippen MR) is 79.9 cm³/mol. The lowest BCUT2D eigenvalue weighted by molar-refractivity contribution is -0.136.